The third kappa shape index (κ3) is 5.27. The number of sulfonamides is 1. The molecular weight excluding hydrogens is 466 g/mol. The van der Waals surface area contributed by atoms with Crippen LogP contribution in [0.3, 0.4) is 0 Å². The molecule has 3 rings (SSSR count). The minimum absolute atomic E-state index is 0.0378. The number of allylic oxidation sites excluding steroid dienone is 1. The molecule has 0 aliphatic carbocycles. The molecule has 0 saturated heterocycles. The molecule has 0 spiro atoms. The van der Waals surface area contributed by atoms with E-state index < -0.39 is 27.6 Å². The Bertz CT molecular complexity index is 1440. The van der Waals surface area contributed by atoms with Gasteiger partial charge in [-0.2, -0.15) is 0 Å². The first kappa shape index (κ1) is 24.6. The molecule has 7 N–H and O–H groups in total. The summed E-state index contributed by atoms with van der Waals surface area (Å²) in [6, 6.07) is 15.5. The topological polar surface area (TPSA) is 149 Å². The van der Waals surface area contributed by atoms with E-state index in [0.29, 0.717) is 11.1 Å². The third-order valence-corrected chi connectivity index (χ3v) is 5.95. The molecule has 11 heteroatoms. The Kier molecular flexibility index (Phi) is 7.08. The molecule has 176 valence electrons. The second-order valence-corrected chi connectivity index (χ2v) is 8.77. The van der Waals surface area contributed by atoms with E-state index in [4.69, 9.17) is 16.1 Å². The average Bonchev–Trinajstić information content (AvgIpc) is 2.83. The lowest BCUT2D eigenvalue weighted by atomic mass is 10.0. The molecule has 0 saturated carbocycles. The lowest BCUT2D eigenvalue weighted by Gasteiger charge is -2.11. The zero-order valence-corrected chi connectivity index (χ0v) is 18.7. The summed E-state index contributed by atoms with van der Waals surface area (Å²) in [7, 11) is -4.06. The molecular formula is C23H21F2N4O4S+. The fourth-order valence-corrected chi connectivity index (χ4v) is 3.96. The van der Waals surface area contributed by atoms with E-state index in [1.807, 2.05) is 0 Å². The van der Waals surface area contributed by atoms with Crippen LogP contribution in [0.1, 0.15) is 18.1 Å². The molecule has 0 unspecified atom stereocenters. The largest absolute Gasteiger partial charge is 0.357 e. The summed E-state index contributed by atoms with van der Waals surface area (Å²) in [5, 5.41) is 18.1. The van der Waals surface area contributed by atoms with Crippen LogP contribution in [0, 0.1) is 5.82 Å². The molecule has 0 aliphatic heterocycles. The molecule has 3 aromatic rings. The Hall–Kier alpha value is -4.09. The van der Waals surface area contributed by atoms with Crippen molar-refractivity contribution in [3.05, 3.63) is 89.5 Å². The predicted octanol–water partition coefficient (Wildman–Crippen LogP) is 1.65. The van der Waals surface area contributed by atoms with Crippen LogP contribution in [0.25, 0.3) is 16.7 Å². The Labute approximate surface area is 194 Å². The number of nitrogens with two attached hydrogens (primary N) is 2. The van der Waals surface area contributed by atoms with Crippen molar-refractivity contribution in [1.29, 1.82) is 0 Å². The first-order valence-corrected chi connectivity index (χ1v) is 11.3. The number of hydrogen-bond donors (Lipinski definition) is 5. The van der Waals surface area contributed by atoms with Crippen LogP contribution in [-0.2, 0) is 14.8 Å². The minimum Gasteiger partial charge on any atom is -0.357 e. The molecule has 8 nitrogen and oxygen atoms in total. The highest BCUT2D eigenvalue weighted by Gasteiger charge is 2.19. The summed E-state index contributed by atoms with van der Waals surface area (Å²) in [4.78, 5) is 12.2. The van der Waals surface area contributed by atoms with Crippen LogP contribution < -0.4 is 21.3 Å². The highest BCUT2D eigenvalue weighted by atomic mass is 32.2. The first-order valence-electron chi connectivity index (χ1n) is 9.75. The Morgan fingerprint density at radius 2 is 1.71 bits per heavy atom. The van der Waals surface area contributed by atoms with Gasteiger partial charge in [-0.15, -0.1) is 0 Å². The molecule has 0 fully saturated rings. The fourth-order valence-electron chi connectivity index (χ4n) is 3.20. The maximum absolute atomic E-state index is 14.8. The minimum atomic E-state index is -4.06. The molecule has 0 aromatic heterocycles. The third-order valence-electron chi connectivity index (χ3n) is 4.98. The first-order chi connectivity index (χ1) is 16.0. The lowest BCUT2D eigenvalue weighted by molar-refractivity contribution is -0.737. The summed E-state index contributed by atoms with van der Waals surface area (Å²) >= 11 is 0. The predicted molar refractivity (Wildman–Crippen MR) is 123 cm³/mol. The molecule has 0 heterocycles. The maximum Gasteiger partial charge on any atom is 0.311 e. The van der Waals surface area contributed by atoms with Crippen molar-refractivity contribution in [3.63, 3.8) is 0 Å². The summed E-state index contributed by atoms with van der Waals surface area (Å²) in [6.07, 6.45) is 0. The van der Waals surface area contributed by atoms with Crippen LogP contribution >= 0.6 is 0 Å². The number of halogens is 2. The number of primary sulfonamides is 1. The molecule has 0 radical (unpaired) electrons. The summed E-state index contributed by atoms with van der Waals surface area (Å²) in [6.45, 7) is 1.36. The van der Waals surface area contributed by atoms with Gasteiger partial charge in [0.15, 0.2) is 5.83 Å². The van der Waals surface area contributed by atoms with Gasteiger partial charge < -0.3 is 10.5 Å². The fraction of sp³-hybridized carbons (Fsp3) is 0.0435. The molecule has 0 aliphatic rings. The lowest BCUT2D eigenvalue weighted by Crippen LogP contribution is -2.71. The molecule has 3 aromatic carbocycles. The van der Waals surface area contributed by atoms with Crippen molar-refractivity contribution in [2.75, 3.05) is 5.32 Å². The molecule has 34 heavy (non-hydrogen) atoms. The second-order valence-electron chi connectivity index (χ2n) is 7.24. The molecule has 0 atom stereocenters. The van der Waals surface area contributed by atoms with Gasteiger partial charge in [0.1, 0.15) is 5.82 Å². The number of nitrogens with one attached hydrogen (secondary N) is 2. The van der Waals surface area contributed by atoms with Crippen LogP contribution in [0.15, 0.2) is 77.5 Å². The van der Waals surface area contributed by atoms with Gasteiger partial charge >= 0.3 is 5.84 Å². The zero-order valence-electron chi connectivity index (χ0n) is 17.8. The van der Waals surface area contributed by atoms with Crippen LogP contribution in [-0.4, -0.2) is 25.4 Å². The summed E-state index contributed by atoms with van der Waals surface area (Å²) < 4.78 is 53.1. The Balaban J connectivity index is 1.89. The number of rotatable bonds is 6. The number of anilines is 1. The van der Waals surface area contributed by atoms with Gasteiger partial charge in [-0.3, -0.25) is 10.5 Å². The van der Waals surface area contributed by atoms with Crippen molar-refractivity contribution in [1.82, 2.24) is 0 Å². The highest BCUT2D eigenvalue weighted by molar-refractivity contribution is 7.89. The molecule has 0 bridgehead atoms. The van der Waals surface area contributed by atoms with Crippen molar-refractivity contribution in [2.45, 2.75) is 11.8 Å². The summed E-state index contributed by atoms with van der Waals surface area (Å²) in [5.41, 5.74) is 6.32. The van der Waals surface area contributed by atoms with E-state index in [1.54, 1.807) is 23.4 Å². The van der Waals surface area contributed by atoms with Crippen LogP contribution in [0.2, 0.25) is 0 Å². The highest BCUT2D eigenvalue weighted by Crippen LogP contribution is 2.30. The SMILES string of the molecule is CC(=C(F)C(=O)Nc1ccc(-c2ccccc2S(N)(=O)=O)cc1F)c1cccc(C(N)=[NH+]O)c1. The quantitative estimate of drug-likeness (QED) is 0.118. The van der Waals surface area contributed by atoms with Crippen molar-refractivity contribution < 1.29 is 32.4 Å². The monoisotopic (exact) mass is 487 g/mol. The van der Waals surface area contributed by atoms with E-state index in [-0.39, 0.29) is 33.1 Å². The van der Waals surface area contributed by atoms with Crippen LogP contribution in [0.5, 0.6) is 0 Å². The number of nitrogen functional groups attached to an aromatic ring is 1. The van der Waals surface area contributed by atoms with Gasteiger partial charge in [-0.1, -0.05) is 41.6 Å². The smallest absolute Gasteiger partial charge is 0.311 e. The van der Waals surface area contributed by atoms with E-state index in [1.165, 1.54) is 49.4 Å². The van der Waals surface area contributed by atoms with Gasteiger partial charge in [-0.25, -0.2) is 22.3 Å². The van der Waals surface area contributed by atoms with E-state index in [9.17, 15) is 22.0 Å². The van der Waals surface area contributed by atoms with Crippen LogP contribution in [0.4, 0.5) is 14.5 Å². The normalized spacial score (nSPS) is 12.8. The molecule has 1 amide bonds. The van der Waals surface area contributed by atoms with Gasteiger partial charge in [0.25, 0.3) is 5.91 Å². The van der Waals surface area contributed by atoms with E-state index >= 15 is 0 Å². The van der Waals surface area contributed by atoms with Crippen molar-refractivity contribution in [3.8, 4) is 11.1 Å². The van der Waals surface area contributed by atoms with E-state index in [2.05, 4.69) is 5.32 Å². The number of carbonyl (C=O) groups excluding carboxylic acids is 1. The maximum atomic E-state index is 14.8. The van der Waals surface area contributed by atoms with Crippen molar-refractivity contribution in [2.24, 2.45) is 10.9 Å². The zero-order chi connectivity index (χ0) is 25.0. The Morgan fingerprint density at radius 1 is 1.03 bits per heavy atom. The van der Waals surface area contributed by atoms with Gasteiger partial charge in [0.05, 0.1) is 16.1 Å². The number of benzene rings is 3. The average molecular weight is 488 g/mol. The summed E-state index contributed by atoms with van der Waals surface area (Å²) in [5.74, 6) is -3.31. The number of amidine groups is 1. The number of hydrogen-bond acceptors (Lipinski definition) is 4. The number of carbonyl (C=O) groups is 1. The van der Waals surface area contributed by atoms with Gasteiger partial charge in [-0.05, 0) is 54.0 Å². The standard InChI is InChI=1S/C23H20F2N4O4S/c1-13(14-5-4-6-16(11-14)22(26)29-31)21(25)23(30)28-19-10-9-15(12-18(19)24)17-7-2-3-8-20(17)34(27,32)33/h2-12,31H,1H3,(H2,26,29)(H,28,30)(H2,27,32,33)/p+1. The van der Waals surface area contributed by atoms with Gasteiger partial charge in [0.2, 0.25) is 10.0 Å². The second kappa shape index (κ2) is 9.81. The van der Waals surface area contributed by atoms with Gasteiger partial charge in [0, 0.05) is 5.56 Å². The number of amides is 1. The van der Waals surface area contributed by atoms with E-state index in [0.717, 1.165) is 6.07 Å². The Morgan fingerprint density at radius 3 is 2.35 bits per heavy atom. The van der Waals surface area contributed by atoms with Crippen molar-refractivity contribution >= 4 is 33.0 Å².